The zero-order valence-corrected chi connectivity index (χ0v) is 14.7. The molecule has 1 amide bonds. The van der Waals surface area contributed by atoms with Gasteiger partial charge in [0, 0.05) is 24.5 Å². The van der Waals surface area contributed by atoms with Crippen LogP contribution in [0.4, 0.5) is 11.4 Å². The molecule has 1 aliphatic heterocycles. The summed E-state index contributed by atoms with van der Waals surface area (Å²) < 4.78 is 0. The Labute approximate surface area is 149 Å². The molecule has 2 aromatic carbocycles. The summed E-state index contributed by atoms with van der Waals surface area (Å²) in [5.41, 5.74) is 2.68. The van der Waals surface area contributed by atoms with Crippen molar-refractivity contribution < 1.29 is 9.90 Å². The number of nitrogens with one attached hydrogen (secondary N) is 1. The van der Waals surface area contributed by atoms with Gasteiger partial charge in [0.25, 0.3) is 0 Å². The standard InChI is InChI=1S/C21H26N2O2/c1-16-10-12-23(13-11-16)19-9-5-8-18(14-19)22-21(25)15-20(24)17-6-3-2-4-7-17/h2-9,14,16,20,24H,10-13,15H2,1H3,(H,22,25). The molecule has 0 saturated carbocycles. The van der Waals surface area contributed by atoms with Crippen molar-refractivity contribution in [2.75, 3.05) is 23.3 Å². The number of hydrogen-bond acceptors (Lipinski definition) is 3. The van der Waals surface area contributed by atoms with Gasteiger partial charge in [-0.1, -0.05) is 43.3 Å². The summed E-state index contributed by atoms with van der Waals surface area (Å²) in [7, 11) is 0. The van der Waals surface area contributed by atoms with Crippen molar-refractivity contribution in [1.29, 1.82) is 0 Å². The fourth-order valence-corrected chi connectivity index (χ4v) is 3.23. The zero-order chi connectivity index (χ0) is 17.6. The summed E-state index contributed by atoms with van der Waals surface area (Å²) in [6.07, 6.45) is 1.68. The monoisotopic (exact) mass is 338 g/mol. The van der Waals surface area contributed by atoms with Gasteiger partial charge in [0.05, 0.1) is 12.5 Å². The highest BCUT2D eigenvalue weighted by Gasteiger charge is 2.17. The van der Waals surface area contributed by atoms with Gasteiger partial charge in [-0.3, -0.25) is 4.79 Å². The molecule has 1 atom stereocenters. The third-order valence-corrected chi connectivity index (χ3v) is 4.84. The number of anilines is 2. The second kappa shape index (κ2) is 8.17. The Morgan fingerprint density at radius 1 is 1.16 bits per heavy atom. The molecule has 2 aromatic rings. The summed E-state index contributed by atoms with van der Waals surface area (Å²) in [6.45, 7) is 4.42. The molecule has 1 saturated heterocycles. The molecular formula is C21H26N2O2. The topological polar surface area (TPSA) is 52.6 Å². The summed E-state index contributed by atoms with van der Waals surface area (Å²) in [4.78, 5) is 14.6. The Hall–Kier alpha value is -2.33. The lowest BCUT2D eigenvalue weighted by Crippen LogP contribution is -2.32. The molecule has 0 spiro atoms. The van der Waals surface area contributed by atoms with Crippen molar-refractivity contribution in [2.24, 2.45) is 5.92 Å². The summed E-state index contributed by atoms with van der Waals surface area (Å²) in [5, 5.41) is 13.1. The molecule has 4 nitrogen and oxygen atoms in total. The number of amides is 1. The fraction of sp³-hybridized carbons (Fsp3) is 0.381. The predicted octanol–water partition coefficient (Wildman–Crippen LogP) is 3.99. The van der Waals surface area contributed by atoms with Crippen LogP contribution in [-0.4, -0.2) is 24.1 Å². The molecule has 3 rings (SSSR count). The van der Waals surface area contributed by atoms with Gasteiger partial charge in [0.15, 0.2) is 0 Å². The smallest absolute Gasteiger partial charge is 0.227 e. The Morgan fingerprint density at radius 3 is 2.60 bits per heavy atom. The lowest BCUT2D eigenvalue weighted by molar-refractivity contribution is -0.118. The molecule has 2 N–H and O–H groups in total. The van der Waals surface area contributed by atoms with Crippen LogP contribution in [0.25, 0.3) is 0 Å². The van der Waals surface area contributed by atoms with E-state index in [1.165, 1.54) is 12.8 Å². The van der Waals surface area contributed by atoms with Crippen LogP contribution in [0.3, 0.4) is 0 Å². The third-order valence-electron chi connectivity index (χ3n) is 4.84. The van der Waals surface area contributed by atoms with Crippen LogP contribution in [0.1, 0.15) is 37.9 Å². The van der Waals surface area contributed by atoms with Crippen LogP contribution in [0.15, 0.2) is 54.6 Å². The molecule has 0 aliphatic carbocycles. The third kappa shape index (κ3) is 4.83. The lowest BCUT2D eigenvalue weighted by atomic mass is 9.99. The van der Waals surface area contributed by atoms with Crippen LogP contribution in [-0.2, 0) is 4.79 Å². The number of rotatable bonds is 5. The highest BCUT2D eigenvalue weighted by molar-refractivity contribution is 5.91. The molecule has 0 bridgehead atoms. The Bertz CT molecular complexity index is 694. The quantitative estimate of drug-likeness (QED) is 0.867. The normalized spacial score (nSPS) is 16.5. The Morgan fingerprint density at radius 2 is 1.88 bits per heavy atom. The Kier molecular flexibility index (Phi) is 5.71. The fourth-order valence-electron chi connectivity index (χ4n) is 3.23. The van der Waals surface area contributed by atoms with Crippen LogP contribution in [0, 0.1) is 5.92 Å². The maximum atomic E-state index is 12.2. The molecule has 4 heteroatoms. The van der Waals surface area contributed by atoms with E-state index in [0.29, 0.717) is 0 Å². The average Bonchev–Trinajstić information content (AvgIpc) is 2.63. The molecule has 132 valence electrons. The van der Waals surface area contributed by atoms with E-state index >= 15 is 0 Å². The van der Waals surface area contributed by atoms with Gasteiger partial charge in [-0.25, -0.2) is 0 Å². The summed E-state index contributed by atoms with van der Waals surface area (Å²) in [6, 6.07) is 17.2. The second-order valence-corrected chi connectivity index (χ2v) is 6.90. The SMILES string of the molecule is CC1CCN(c2cccc(NC(=O)CC(O)c3ccccc3)c2)CC1. The zero-order valence-electron chi connectivity index (χ0n) is 14.7. The number of hydrogen-bond donors (Lipinski definition) is 2. The number of piperidine rings is 1. The molecule has 1 heterocycles. The molecule has 25 heavy (non-hydrogen) atoms. The maximum absolute atomic E-state index is 12.2. The van der Waals surface area contributed by atoms with E-state index in [1.807, 2.05) is 48.5 Å². The summed E-state index contributed by atoms with van der Waals surface area (Å²) >= 11 is 0. The van der Waals surface area contributed by atoms with Crippen molar-refractivity contribution in [2.45, 2.75) is 32.3 Å². The van der Waals surface area contributed by atoms with Crippen LogP contribution in [0.5, 0.6) is 0 Å². The number of aliphatic hydroxyl groups is 1. The van der Waals surface area contributed by atoms with Crippen molar-refractivity contribution >= 4 is 17.3 Å². The van der Waals surface area contributed by atoms with Crippen molar-refractivity contribution in [1.82, 2.24) is 0 Å². The molecule has 0 radical (unpaired) electrons. The van der Waals surface area contributed by atoms with Gasteiger partial charge in [0.1, 0.15) is 0 Å². The van der Waals surface area contributed by atoms with Crippen LogP contribution < -0.4 is 10.2 Å². The van der Waals surface area contributed by atoms with E-state index in [0.717, 1.165) is 35.9 Å². The van der Waals surface area contributed by atoms with Gasteiger partial charge < -0.3 is 15.3 Å². The molecular weight excluding hydrogens is 312 g/mol. The van der Waals surface area contributed by atoms with Gasteiger partial charge in [0.2, 0.25) is 5.91 Å². The molecule has 1 aliphatic rings. The van der Waals surface area contributed by atoms with Crippen molar-refractivity contribution in [3.63, 3.8) is 0 Å². The minimum Gasteiger partial charge on any atom is -0.388 e. The van der Waals surface area contributed by atoms with Gasteiger partial charge in [-0.15, -0.1) is 0 Å². The first-order chi connectivity index (χ1) is 12.1. The number of carbonyl (C=O) groups excluding carboxylic acids is 1. The van der Waals surface area contributed by atoms with Crippen molar-refractivity contribution in [3.8, 4) is 0 Å². The number of nitrogens with zero attached hydrogens (tertiary/aromatic N) is 1. The largest absolute Gasteiger partial charge is 0.388 e. The van der Waals surface area contributed by atoms with E-state index in [2.05, 4.69) is 23.2 Å². The van der Waals surface area contributed by atoms with Gasteiger partial charge >= 0.3 is 0 Å². The van der Waals surface area contributed by atoms with E-state index < -0.39 is 6.10 Å². The highest BCUT2D eigenvalue weighted by atomic mass is 16.3. The number of aliphatic hydroxyl groups excluding tert-OH is 1. The van der Waals surface area contributed by atoms with E-state index in [4.69, 9.17) is 0 Å². The molecule has 1 fully saturated rings. The number of carbonyl (C=O) groups is 1. The minimum absolute atomic E-state index is 0.0511. The minimum atomic E-state index is -0.784. The first-order valence-corrected chi connectivity index (χ1v) is 8.99. The second-order valence-electron chi connectivity index (χ2n) is 6.90. The molecule has 0 aromatic heterocycles. The van der Waals surface area contributed by atoms with E-state index in [9.17, 15) is 9.90 Å². The highest BCUT2D eigenvalue weighted by Crippen LogP contribution is 2.25. The Balaban J connectivity index is 1.59. The van der Waals surface area contributed by atoms with Crippen LogP contribution >= 0.6 is 0 Å². The lowest BCUT2D eigenvalue weighted by Gasteiger charge is -2.32. The van der Waals surface area contributed by atoms with Crippen molar-refractivity contribution in [3.05, 3.63) is 60.2 Å². The average molecular weight is 338 g/mol. The van der Waals surface area contributed by atoms with E-state index in [-0.39, 0.29) is 12.3 Å². The summed E-state index contributed by atoms with van der Waals surface area (Å²) in [5.74, 6) is 0.611. The van der Waals surface area contributed by atoms with E-state index in [1.54, 1.807) is 0 Å². The van der Waals surface area contributed by atoms with Gasteiger partial charge in [-0.2, -0.15) is 0 Å². The molecule has 1 unspecified atom stereocenters. The van der Waals surface area contributed by atoms with Crippen LogP contribution in [0.2, 0.25) is 0 Å². The van der Waals surface area contributed by atoms with Gasteiger partial charge in [-0.05, 0) is 42.5 Å². The predicted molar refractivity (Wildman–Crippen MR) is 102 cm³/mol. The number of benzene rings is 2. The first kappa shape index (κ1) is 17.5. The first-order valence-electron chi connectivity index (χ1n) is 8.99. The maximum Gasteiger partial charge on any atom is 0.227 e.